The van der Waals surface area contributed by atoms with Gasteiger partial charge in [-0.3, -0.25) is 10.1 Å². The Morgan fingerprint density at radius 3 is 2.70 bits per heavy atom. The van der Waals surface area contributed by atoms with Crippen LogP contribution in [0.15, 0.2) is 42.5 Å². The van der Waals surface area contributed by atoms with Gasteiger partial charge in [0.15, 0.2) is 0 Å². The van der Waals surface area contributed by atoms with Crippen LogP contribution in [0.25, 0.3) is 0 Å². The Morgan fingerprint density at radius 2 is 2.00 bits per heavy atom. The predicted molar refractivity (Wildman–Crippen MR) is 98.4 cm³/mol. The summed E-state index contributed by atoms with van der Waals surface area (Å²) in [7, 11) is 0. The van der Waals surface area contributed by atoms with Gasteiger partial charge in [0.2, 0.25) is 0 Å². The molecule has 9 heteroatoms. The van der Waals surface area contributed by atoms with Crippen LogP contribution < -0.4 is 15.5 Å². The van der Waals surface area contributed by atoms with Crippen LogP contribution in [0, 0.1) is 15.9 Å². The Labute approximate surface area is 155 Å². The fourth-order valence-electron chi connectivity index (χ4n) is 2.78. The monoisotopic (exact) mass is 374 g/mol. The van der Waals surface area contributed by atoms with E-state index in [9.17, 15) is 19.3 Å². The first-order valence-electron chi connectivity index (χ1n) is 8.43. The van der Waals surface area contributed by atoms with Gasteiger partial charge in [0.25, 0.3) is 5.69 Å². The zero-order chi connectivity index (χ0) is 19.2. The summed E-state index contributed by atoms with van der Waals surface area (Å²) < 4.78 is 19.6. The zero-order valence-corrected chi connectivity index (χ0v) is 14.5. The third kappa shape index (κ3) is 4.91. The Balaban J connectivity index is 1.56. The molecule has 1 saturated heterocycles. The molecule has 0 atom stereocenters. The molecule has 3 rings (SSSR count). The Hall–Kier alpha value is -3.20. The number of hydrogen-bond acceptors (Lipinski definition) is 5. The highest BCUT2D eigenvalue weighted by Crippen LogP contribution is 2.22. The van der Waals surface area contributed by atoms with Gasteiger partial charge >= 0.3 is 6.03 Å². The number of hydrogen-bond donors (Lipinski definition) is 2. The Bertz CT molecular complexity index is 840. The van der Waals surface area contributed by atoms with Gasteiger partial charge in [-0.2, -0.15) is 0 Å². The lowest BCUT2D eigenvalue weighted by Crippen LogP contribution is -2.36. The van der Waals surface area contributed by atoms with Crippen LogP contribution in [0.5, 0.6) is 0 Å². The molecule has 1 fully saturated rings. The number of urea groups is 1. The molecule has 2 amide bonds. The summed E-state index contributed by atoms with van der Waals surface area (Å²) in [5.41, 5.74) is 1.31. The molecule has 1 heterocycles. The molecule has 2 aromatic carbocycles. The molecule has 142 valence electrons. The standard InChI is InChI=1S/C18H19FN4O4/c19-16-10-13(4-5-17(16)22-6-8-27-9-7-22)12-20-18(24)21-14-2-1-3-15(11-14)23(25)26/h1-5,10-11H,6-9,12H2,(H2,20,21,24). The first-order chi connectivity index (χ1) is 13.0. The second-order valence-corrected chi connectivity index (χ2v) is 6.00. The molecule has 1 aliphatic rings. The summed E-state index contributed by atoms with van der Waals surface area (Å²) >= 11 is 0. The average Bonchev–Trinajstić information content (AvgIpc) is 2.67. The van der Waals surface area contributed by atoms with E-state index in [-0.39, 0.29) is 18.0 Å². The first-order valence-corrected chi connectivity index (χ1v) is 8.43. The largest absolute Gasteiger partial charge is 0.378 e. The van der Waals surface area contributed by atoms with E-state index in [2.05, 4.69) is 10.6 Å². The number of carbonyl (C=O) groups is 1. The van der Waals surface area contributed by atoms with Gasteiger partial charge in [0, 0.05) is 37.5 Å². The van der Waals surface area contributed by atoms with Gasteiger partial charge in [-0.05, 0) is 23.8 Å². The van der Waals surface area contributed by atoms with E-state index in [4.69, 9.17) is 4.74 Å². The topological polar surface area (TPSA) is 96.7 Å². The van der Waals surface area contributed by atoms with Crippen molar-refractivity contribution in [2.75, 3.05) is 36.5 Å². The van der Waals surface area contributed by atoms with Crippen molar-refractivity contribution in [2.24, 2.45) is 0 Å². The number of non-ortho nitro benzene ring substituents is 1. The van der Waals surface area contributed by atoms with Crippen molar-refractivity contribution in [3.05, 3.63) is 64.0 Å². The van der Waals surface area contributed by atoms with Gasteiger partial charge in [-0.15, -0.1) is 0 Å². The number of nitro benzene ring substituents is 1. The molecule has 0 saturated carbocycles. The van der Waals surface area contributed by atoms with Gasteiger partial charge in [0.1, 0.15) is 5.82 Å². The molecule has 0 bridgehead atoms. The summed E-state index contributed by atoms with van der Waals surface area (Å²) in [5.74, 6) is -0.352. The number of ether oxygens (including phenoxy) is 1. The molecule has 0 aromatic heterocycles. The number of amides is 2. The molecule has 27 heavy (non-hydrogen) atoms. The van der Waals surface area contributed by atoms with E-state index in [0.717, 1.165) is 0 Å². The van der Waals surface area contributed by atoms with Gasteiger partial charge in [-0.25, -0.2) is 9.18 Å². The van der Waals surface area contributed by atoms with Crippen molar-refractivity contribution in [1.29, 1.82) is 0 Å². The number of halogens is 1. The maximum atomic E-state index is 14.4. The molecule has 2 aromatic rings. The second kappa shape index (κ2) is 8.45. The van der Waals surface area contributed by atoms with Crippen molar-refractivity contribution in [2.45, 2.75) is 6.54 Å². The minimum absolute atomic E-state index is 0.117. The van der Waals surface area contributed by atoms with E-state index in [1.54, 1.807) is 18.2 Å². The normalized spacial score (nSPS) is 13.9. The molecule has 0 unspecified atom stereocenters. The van der Waals surface area contributed by atoms with E-state index in [1.165, 1.54) is 24.3 Å². The molecule has 0 radical (unpaired) electrons. The van der Waals surface area contributed by atoms with Gasteiger partial charge in [0.05, 0.1) is 23.8 Å². The second-order valence-electron chi connectivity index (χ2n) is 6.00. The molecule has 0 aliphatic carbocycles. The lowest BCUT2D eigenvalue weighted by molar-refractivity contribution is -0.384. The van der Waals surface area contributed by atoms with Crippen LogP contribution in [0.2, 0.25) is 0 Å². The van der Waals surface area contributed by atoms with Crippen molar-refractivity contribution in [3.8, 4) is 0 Å². The fraction of sp³-hybridized carbons (Fsp3) is 0.278. The number of anilines is 2. The van der Waals surface area contributed by atoms with Crippen LogP contribution >= 0.6 is 0 Å². The maximum absolute atomic E-state index is 14.4. The van der Waals surface area contributed by atoms with Crippen molar-refractivity contribution >= 4 is 23.1 Å². The summed E-state index contributed by atoms with van der Waals surface area (Å²) in [5, 5.41) is 15.9. The van der Waals surface area contributed by atoms with Crippen molar-refractivity contribution in [3.63, 3.8) is 0 Å². The van der Waals surface area contributed by atoms with Crippen molar-refractivity contribution < 1.29 is 18.8 Å². The number of nitro groups is 1. The predicted octanol–water partition coefficient (Wildman–Crippen LogP) is 2.89. The Morgan fingerprint density at radius 1 is 1.22 bits per heavy atom. The van der Waals surface area contributed by atoms with Crippen LogP contribution in [0.1, 0.15) is 5.56 Å². The maximum Gasteiger partial charge on any atom is 0.319 e. The van der Waals surface area contributed by atoms with Crippen LogP contribution in [-0.4, -0.2) is 37.3 Å². The average molecular weight is 374 g/mol. The molecule has 8 nitrogen and oxygen atoms in total. The third-order valence-corrected chi connectivity index (χ3v) is 4.13. The molecular weight excluding hydrogens is 355 g/mol. The highest BCUT2D eigenvalue weighted by Gasteiger charge is 2.15. The lowest BCUT2D eigenvalue weighted by atomic mass is 10.1. The van der Waals surface area contributed by atoms with E-state index in [0.29, 0.717) is 43.2 Å². The molecule has 1 aliphatic heterocycles. The Kier molecular flexibility index (Phi) is 5.82. The minimum atomic E-state index is -0.540. The highest BCUT2D eigenvalue weighted by atomic mass is 19.1. The number of nitrogens with one attached hydrogen (secondary N) is 2. The summed E-state index contributed by atoms with van der Waals surface area (Å²) in [6.45, 7) is 2.54. The molecular formula is C18H19FN4O4. The van der Waals surface area contributed by atoms with Gasteiger partial charge in [-0.1, -0.05) is 12.1 Å². The number of benzene rings is 2. The SMILES string of the molecule is O=C(NCc1ccc(N2CCOCC2)c(F)c1)Nc1cccc([N+](=O)[O-])c1. The minimum Gasteiger partial charge on any atom is -0.378 e. The van der Waals surface area contributed by atoms with Gasteiger partial charge < -0.3 is 20.3 Å². The van der Waals surface area contributed by atoms with E-state index in [1.807, 2.05) is 4.90 Å². The van der Waals surface area contributed by atoms with Crippen molar-refractivity contribution in [1.82, 2.24) is 5.32 Å². The summed E-state index contributed by atoms with van der Waals surface area (Å²) in [6, 6.07) is 9.92. The highest BCUT2D eigenvalue weighted by molar-refractivity contribution is 5.89. The third-order valence-electron chi connectivity index (χ3n) is 4.13. The fourth-order valence-corrected chi connectivity index (χ4v) is 2.78. The van der Waals surface area contributed by atoms with Crippen LogP contribution in [-0.2, 0) is 11.3 Å². The quantitative estimate of drug-likeness (QED) is 0.620. The lowest BCUT2D eigenvalue weighted by Gasteiger charge is -2.29. The van der Waals surface area contributed by atoms with Crippen LogP contribution in [0.3, 0.4) is 0 Å². The number of carbonyl (C=O) groups excluding carboxylic acids is 1. The number of nitrogens with zero attached hydrogens (tertiary/aromatic N) is 2. The summed E-state index contributed by atoms with van der Waals surface area (Å²) in [4.78, 5) is 24.1. The van der Waals surface area contributed by atoms with E-state index < -0.39 is 11.0 Å². The smallest absolute Gasteiger partial charge is 0.319 e. The zero-order valence-electron chi connectivity index (χ0n) is 14.5. The first kappa shape index (κ1) is 18.6. The number of morpholine rings is 1. The number of rotatable bonds is 5. The van der Waals surface area contributed by atoms with E-state index >= 15 is 0 Å². The van der Waals surface area contributed by atoms with Crippen LogP contribution in [0.4, 0.5) is 26.2 Å². The molecule has 2 N–H and O–H groups in total. The molecule has 0 spiro atoms. The summed E-state index contributed by atoms with van der Waals surface area (Å²) in [6.07, 6.45) is 0.